The van der Waals surface area contributed by atoms with Gasteiger partial charge in [0.05, 0.1) is 12.4 Å². The summed E-state index contributed by atoms with van der Waals surface area (Å²) in [5.74, 6) is -0.336. The molecule has 1 aromatic heterocycles. The van der Waals surface area contributed by atoms with Crippen LogP contribution < -0.4 is 4.90 Å². The molecule has 0 saturated heterocycles. The number of rotatable bonds is 8. The third kappa shape index (κ3) is 4.63. The number of anilines is 1. The van der Waals surface area contributed by atoms with Crippen molar-refractivity contribution in [2.75, 3.05) is 23.8 Å². The van der Waals surface area contributed by atoms with E-state index in [0.29, 0.717) is 18.3 Å². The Balaban J connectivity index is 1.67. The number of hydrogen-bond acceptors (Lipinski definition) is 5. The summed E-state index contributed by atoms with van der Waals surface area (Å²) >= 11 is 1.40. The number of carbonyl (C=O) groups excluding carboxylic acids is 2. The zero-order valence-corrected chi connectivity index (χ0v) is 14.9. The molecule has 2 aromatic rings. The minimum atomic E-state index is -0.413. The molecule has 0 spiro atoms. The Kier molecular flexibility index (Phi) is 5.75. The van der Waals surface area contributed by atoms with Crippen molar-refractivity contribution >= 4 is 29.3 Å². The SMILES string of the molecule is CCOC(=O)CN(C(=O)CSc1nccn1C1CC1)c1ccccc1. The van der Waals surface area contributed by atoms with Crippen LogP contribution in [0.25, 0.3) is 0 Å². The Labute approximate surface area is 151 Å². The van der Waals surface area contributed by atoms with Crippen LogP contribution in [0.4, 0.5) is 5.69 Å². The molecule has 0 atom stereocenters. The predicted octanol–water partition coefficient (Wildman–Crippen LogP) is 2.91. The molecular formula is C18H21N3O3S. The van der Waals surface area contributed by atoms with E-state index in [1.807, 2.05) is 36.5 Å². The van der Waals surface area contributed by atoms with E-state index in [0.717, 1.165) is 18.0 Å². The van der Waals surface area contributed by atoms with Crippen LogP contribution in [0.3, 0.4) is 0 Å². The number of nitrogens with zero attached hydrogens (tertiary/aromatic N) is 3. The summed E-state index contributed by atoms with van der Waals surface area (Å²) in [5, 5.41) is 0.847. The predicted molar refractivity (Wildman–Crippen MR) is 96.7 cm³/mol. The summed E-state index contributed by atoms with van der Waals surface area (Å²) in [5.41, 5.74) is 0.687. The number of amides is 1. The number of ether oxygens (including phenoxy) is 1. The Hall–Kier alpha value is -2.28. The van der Waals surface area contributed by atoms with Crippen LogP contribution in [0.1, 0.15) is 25.8 Å². The highest BCUT2D eigenvalue weighted by Gasteiger charge is 2.26. The standard InChI is InChI=1S/C18H21N3O3S/c1-2-24-17(23)12-21(14-6-4-3-5-7-14)16(22)13-25-18-19-10-11-20(18)15-8-9-15/h3-7,10-11,15H,2,8-9,12-13H2,1H3. The fourth-order valence-corrected chi connectivity index (χ4v) is 3.42. The van der Waals surface area contributed by atoms with Crippen molar-refractivity contribution in [3.8, 4) is 0 Å². The highest BCUT2D eigenvalue weighted by Crippen LogP contribution is 2.37. The third-order valence-corrected chi connectivity index (χ3v) is 4.83. The highest BCUT2D eigenvalue weighted by atomic mass is 32.2. The molecule has 0 radical (unpaired) electrons. The van der Waals surface area contributed by atoms with E-state index in [2.05, 4.69) is 9.55 Å². The van der Waals surface area contributed by atoms with Gasteiger partial charge in [-0.1, -0.05) is 30.0 Å². The average molecular weight is 359 g/mol. The molecule has 7 heteroatoms. The molecule has 25 heavy (non-hydrogen) atoms. The Morgan fingerprint density at radius 2 is 2.08 bits per heavy atom. The van der Waals surface area contributed by atoms with Gasteiger partial charge in [-0.15, -0.1) is 0 Å². The number of hydrogen-bond donors (Lipinski definition) is 0. The molecule has 1 amide bonds. The fraction of sp³-hybridized carbons (Fsp3) is 0.389. The maximum atomic E-state index is 12.7. The van der Waals surface area contributed by atoms with Crippen LogP contribution in [0.5, 0.6) is 0 Å². The van der Waals surface area contributed by atoms with Crippen molar-refractivity contribution in [3.63, 3.8) is 0 Å². The summed E-state index contributed by atoms with van der Waals surface area (Å²) in [6.45, 7) is 1.96. The van der Waals surface area contributed by atoms with Gasteiger partial charge in [0.25, 0.3) is 0 Å². The number of para-hydroxylation sites is 1. The van der Waals surface area contributed by atoms with Crippen LogP contribution in [0.2, 0.25) is 0 Å². The molecule has 1 heterocycles. The molecule has 1 saturated carbocycles. The van der Waals surface area contributed by atoms with Crippen LogP contribution in [0.15, 0.2) is 47.9 Å². The first-order valence-electron chi connectivity index (χ1n) is 8.35. The largest absolute Gasteiger partial charge is 0.465 e. The normalized spacial score (nSPS) is 13.5. The second-order valence-electron chi connectivity index (χ2n) is 5.76. The van der Waals surface area contributed by atoms with E-state index in [1.165, 1.54) is 16.7 Å². The van der Waals surface area contributed by atoms with E-state index in [9.17, 15) is 9.59 Å². The Morgan fingerprint density at radius 1 is 1.32 bits per heavy atom. The van der Waals surface area contributed by atoms with E-state index in [1.54, 1.807) is 13.1 Å². The topological polar surface area (TPSA) is 64.4 Å². The first-order valence-corrected chi connectivity index (χ1v) is 9.34. The number of esters is 1. The number of carbonyl (C=O) groups is 2. The van der Waals surface area contributed by atoms with Gasteiger partial charge in [0.15, 0.2) is 5.16 Å². The molecule has 1 aliphatic carbocycles. The van der Waals surface area contributed by atoms with Crippen molar-refractivity contribution in [1.29, 1.82) is 0 Å². The highest BCUT2D eigenvalue weighted by molar-refractivity contribution is 7.99. The maximum absolute atomic E-state index is 12.7. The summed E-state index contributed by atoms with van der Waals surface area (Å²) in [6.07, 6.45) is 6.05. The number of benzene rings is 1. The number of thioether (sulfide) groups is 1. The minimum absolute atomic E-state index is 0.0890. The number of imidazole rings is 1. The van der Waals surface area contributed by atoms with E-state index in [4.69, 9.17) is 4.74 Å². The lowest BCUT2D eigenvalue weighted by atomic mass is 10.3. The smallest absolute Gasteiger partial charge is 0.326 e. The second kappa shape index (κ2) is 8.20. The maximum Gasteiger partial charge on any atom is 0.326 e. The second-order valence-corrected chi connectivity index (χ2v) is 6.70. The quantitative estimate of drug-likeness (QED) is 0.536. The van der Waals surface area contributed by atoms with Crippen LogP contribution in [-0.4, -0.2) is 40.3 Å². The molecule has 0 unspecified atom stereocenters. The third-order valence-electron chi connectivity index (χ3n) is 3.86. The van der Waals surface area contributed by atoms with Gasteiger partial charge < -0.3 is 14.2 Å². The summed E-state index contributed by atoms with van der Waals surface area (Å²) in [6, 6.07) is 9.70. The van der Waals surface area contributed by atoms with Gasteiger partial charge in [0.1, 0.15) is 6.54 Å². The Bertz CT molecular complexity index is 728. The van der Waals surface area contributed by atoms with Crippen molar-refractivity contribution in [3.05, 3.63) is 42.7 Å². The van der Waals surface area contributed by atoms with Crippen molar-refractivity contribution < 1.29 is 14.3 Å². The van der Waals surface area contributed by atoms with Gasteiger partial charge in [-0.25, -0.2) is 4.98 Å². The summed E-state index contributed by atoms with van der Waals surface area (Å²) in [7, 11) is 0. The van der Waals surface area contributed by atoms with Gasteiger partial charge in [0, 0.05) is 24.1 Å². The first kappa shape index (κ1) is 17.5. The summed E-state index contributed by atoms with van der Waals surface area (Å²) < 4.78 is 7.12. The minimum Gasteiger partial charge on any atom is -0.465 e. The average Bonchev–Trinajstić information content (AvgIpc) is 3.36. The van der Waals surface area contributed by atoms with Gasteiger partial charge in [-0.3, -0.25) is 9.59 Å². The molecule has 132 valence electrons. The molecule has 1 aliphatic rings. The molecule has 0 bridgehead atoms. The molecule has 6 nitrogen and oxygen atoms in total. The van der Waals surface area contributed by atoms with Crippen LogP contribution in [-0.2, 0) is 14.3 Å². The molecule has 1 aromatic carbocycles. The summed E-state index contributed by atoms with van der Waals surface area (Å²) in [4.78, 5) is 30.4. The number of aromatic nitrogens is 2. The van der Waals surface area contributed by atoms with Crippen LogP contribution >= 0.6 is 11.8 Å². The van der Waals surface area contributed by atoms with Crippen molar-refractivity contribution in [1.82, 2.24) is 9.55 Å². The lowest BCUT2D eigenvalue weighted by molar-refractivity contribution is -0.142. The van der Waals surface area contributed by atoms with Crippen molar-refractivity contribution in [2.45, 2.75) is 31.0 Å². The molecule has 3 rings (SSSR count). The van der Waals surface area contributed by atoms with E-state index < -0.39 is 5.97 Å². The van der Waals surface area contributed by atoms with E-state index >= 15 is 0 Å². The van der Waals surface area contributed by atoms with Crippen molar-refractivity contribution in [2.24, 2.45) is 0 Å². The zero-order valence-electron chi connectivity index (χ0n) is 14.1. The Morgan fingerprint density at radius 3 is 2.76 bits per heavy atom. The lowest BCUT2D eigenvalue weighted by Gasteiger charge is -2.21. The fourth-order valence-electron chi connectivity index (χ4n) is 2.51. The van der Waals surface area contributed by atoms with Gasteiger partial charge in [-0.2, -0.15) is 0 Å². The molecular weight excluding hydrogens is 338 g/mol. The first-order chi connectivity index (χ1) is 12.2. The van der Waals surface area contributed by atoms with E-state index in [-0.39, 0.29) is 18.2 Å². The van der Waals surface area contributed by atoms with Gasteiger partial charge in [-0.05, 0) is 31.9 Å². The molecule has 1 fully saturated rings. The van der Waals surface area contributed by atoms with Gasteiger partial charge in [0.2, 0.25) is 5.91 Å². The molecule has 0 aliphatic heterocycles. The molecule has 0 N–H and O–H groups in total. The van der Waals surface area contributed by atoms with Gasteiger partial charge >= 0.3 is 5.97 Å². The zero-order chi connectivity index (χ0) is 17.6. The lowest BCUT2D eigenvalue weighted by Crippen LogP contribution is -2.37. The van der Waals surface area contributed by atoms with Crippen LogP contribution in [0, 0.1) is 0 Å². The monoisotopic (exact) mass is 359 g/mol.